The number of hydrazone groups is 1. The molecule has 5 heteroatoms. The second kappa shape index (κ2) is 2.91. The minimum Gasteiger partial charge on any atom is -0.360 e. The lowest BCUT2D eigenvalue weighted by Crippen LogP contribution is -2.08. The molecule has 4 nitrogen and oxygen atoms in total. The van der Waals surface area contributed by atoms with Crippen molar-refractivity contribution >= 4 is 23.4 Å². The minimum absolute atomic E-state index is 0.186. The molecule has 0 aromatic carbocycles. The fraction of sp³-hybridized carbons (Fsp3) is 0.286. The number of rotatable bonds is 1. The van der Waals surface area contributed by atoms with Crippen LogP contribution < -0.4 is 5.43 Å². The van der Waals surface area contributed by atoms with Crippen molar-refractivity contribution in [3.05, 3.63) is 21.8 Å². The van der Waals surface area contributed by atoms with E-state index in [-0.39, 0.29) is 6.04 Å². The fourth-order valence-electron chi connectivity index (χ4n) is 1.000. The Bertz CT molecular complexity index is 341. The summed E-state index contributed by atoms with van der Waals surface area (Å²) in [6, 6.07) is 0.186. The van der Waals surface area contributed by atoms with Crippen LogP contribution in [0.15, 0.2) is 10.5 Å². The molecule has 1 aliphatic rings. The number of hydrogen-bond donors (Lipinski definition) is 1. The number of nitrogens with one attached hydrogen (secondary N) is 1. The summed E-state index contributed by atoms with van der Waals surface area (Å²) in [4.78, 5) is 7.38. The zero-order valence-electron chi connectivity index (χ0n) is 6.19. The van der Waals surface area contributed by atoms with E-state index < -0.39 is 0 Å². The van der Waals surface area contributed by atoms with Crippen LogP contribution in [-0.4, -0.2) is 11.2 Å². The van der Waals surface area contributed by atoms with Crippen LogP contribution in [0.4, 0.5) is 5.82 Å². The Morgan fingerprint density at radius 3 is 3.25 bits per heavy atom. The van der Waals surface area contributed by atoms with E-state index in [1.165, 1.54) is 11.3 Å². The van der Waals surface area contributed by atoms with Crippen molar-refractivity contribution < 1.29 is 0 Å². The molecule has 0 saturated carbocycles. The molecule has 0 spiro atoms. The lowest BCUT2D eigenvalue weighted by atomic mass is 10.3. The lowest BCUT2D eigenvalue weighted by Gasteiger charge is -1.99. The Morgan fingerprint density at radius 2 is 2.67 bits per heavy atom. The third kappa shape index (κ3) is 1.17. The van der Waals surface area contributed by atoms with Crippen LogP contribution in [0, 0.1) is 6.57 Å². The van der Waals surface area contributed by atoms with Crippen LogP contribution in [-0.2, 0) is 0 Å². The molecule has 60 valence electrons. The van der Waals surface area contributed by atoms with Crippen LogP contribution >= 0.6 is 11.3 Å². The average Bonchev–Trinajstić information content (AvgIpc) is 2.75. The van der Waals surface area contributed by atoms with Gasteiger partial charge < -0.3 is 4.85 Å². The molecule has 1 aromatic heterocycles. The van der Waals surface area contributed by atoms with Gasteiger partial charge in [-0.2, -0.15) is 5.10 Å². The maximum Gasteiger partial charge on any atom is 0.280 e. The van der Waals surface area contributed by atoms with Crippen LogP contribution in [0.1, 0.15) is 17.5 Å². The molecule has 1 unspecified atom stereocenters. The molecule has 2 rings (SSSR count). The standard InChI is InChI=1S/C7H6N4S/c1-8-6-4-12-7(10-6)5-2-3-9-11-5/h3-5,11H,2H2. The highest BCUT2D eigenvalue weighted by molar-refractivity contribution is 7.10. The largest absolute Gasteiger partial charge is 0.360 e. The Morgan fingerprint density at radius 1 is 1.75 bits per heavy atom. The van der Waals surface area contributed by atoms with Crippen molar-refractivity contribution in [3.8, 4) is 0 Å². The molecule has 1 N–H and O–H groups in total. The van der Waals surface area contributed by atoms with E-state index in [9.17, 15) is 0 Å². The highest BCUT2D eigenvalue weighted by Crippen LogP contribution is 2.25. The zero-order valence-corrected chi connectivity index (χ0v) is 7.01. The molecule has 0 aliphatic carbocycles. The Balaban J connectivity index is 2.19. The molecule has 0 fully saturated rings. The topological polar surface area (TPSA) is 41.6 Å². The second-order valence-corrected chi connectivity index (χ2v) is 3.27. The molecular formula is C7H6N4S. The van der Waals surface area contributed by atoms with Crippen molar-refractivity contribution in [3.63, 3.8) is 0 Å². The maximum atomic E-state index is 6.75. The first-order chi connectivity index (χ1) is 5.90. The van der Waals surface area contributed by atoms with Gasteiger partial charge in [0.1, 0.15) is 6.04 Å². The normalized spacial score (nSPS) is 20.4. The first-order valence-corrected chi connectivity index (χ1v) is 4.38. The van der Waals surface area contributed by atoms with E-state index in [1.54, 1.807) is 5.38 Å². The summed E-state index contributed by atoms with van der Waals surface area (Å²) in [5.74, 6) is 0.476. The summed E-state index contributed by atoms with van der Waals surface area (Å²) in [6.07, 6.45) is 2.69. The van der Waals surface area contributed by atoms with E-state index in [2.05, 4.69) is 20.4 Å². The molecule has 0 amide bonds. The Kier molecular flexibility index (Phi) is 1.76. The van der Waals surface area contributed by atoms with Crippen LogP contribution in [0.25, 0.3) is 4.85 Å². The van der Waals surface area contributed by atoms with Gasteiger partial charge in [-0.15, -0.1) is 16.3 Å². The quantitative estimate of drug-likeness (QED) is 0.665. The van der Waals surface area contributed by atoms with Crippen molar-refractivity contribution in [2.45, 2.75) is 12.5 Å². The second-order valence-electron chi connectivity index (χ2n) is 2.38. The van der Waals surface area contributed by atoms with Gasteiger partial charge in [-0.05, 0) is 0 Å². The van der Waals surface area contributed by atoms with Gasteiger partial charge in [0, 0.05) is 18.0 Å². The van der Waals surface area contributed by atoms with Gasteiger partial charge in [-0.3, -0.25) is 5.43 Å². The molecule has 0 radical (unpaired) electrons. The molecule has 1 aliphatic heterocycles. The average molecular weight is 178 g/mol. The van der Waals surface area contributed by atoms with Crippen LogP contribution in [0.5, 0.6) is 0 Å². The van der Waals surface area contributed by atoms with Crippen LogP contribution in [0.3, 0.4) is 0 Å². The van der Waals surface area contributed by atoms with Crippen molar-refractivity contribution in [1.82, 2.24) is 10.4 Å². The minimum atomic E-state index is 0.186. The molecule has 12 heavy (non-hydrogen) atoms. The van der Waals surface area contributed by atoms with E-state index in [0.717, 1.165) is 11.4 Å². The van der Waals surface area contributed by atoms with Gasteiger partial charge in [-0.1, -0.05) is 6.57 Å². The van der Waals surface area contributed by atoms with Gasteiger partial charge in [0.2, 0.25) is 5.01 Å². The Labute approximate surface area is 73.8 Å². The first kappa shape index (κ1) is 7.25. The van der Waals surface area contributed by atoms with Gasteiger partial charge >= 0.3 is 0 Å². The van der Waals surface area contributed by atoms with E-state index in [1.807, 2.05) is 6.21 Å². The number of thiazole rings is 1. The number of nitrogens with zero attached hydrogens (tertiary/aromatic N) is 3. The van der Waals surface area contributed by atoms with Gasteiger partial charge in [0.05, 0.1) is 0 Å². The molecule has 2 heterocycles. The summed E-state index contributed by atoms with van der Waals surface area (Å²) >= 11 is 1.50. The molecule has 1 atom stereocenters. The van der Waals surface area contributed by atoms with E-state index in [0.29, 0.717) is 5.82 Å². The predicted octanol–water partition coefficient (Wildman–Crippen LogP) is 1.71. The maximum absolute atomic E-state index is 6.75. The van der Waals surface area contributed by atoms with Crippen molar-refractivity contribution in [2.75, 3.05) is 0 Å². The lowest BCUT2D eigenvalue weighted by molar-refractivity contribution is 0.617. The third-order valence-corrected chi connectivity index (χ3v) is 2.53. The van der Waals surface area contributed by atoms with Crippen molar-refractivity contribution in [2.24, 2.45) is 5.10 Å². The van der Waals surface area contributed by atoms with Crippen LogP contribution in [0.2, 0.25) is 0 Å². The van der Waals surface area contributed by atoms with Gasteiger partial charge in [0.15, 0.2) is 0 Å². The first-order valence-electron chi connectivity index (χ1n) is 3.50. The number of hydrogen-bond acceptors (Lipinski definition) is 4. The van der Waals surface area contributed by atoms with E-state index in [4.69, 9.17) is 6.57 Å². The Hall–Kier alpha value is -1.41. The van der Waals surface area contributed by atoms with Crippen molar-refractivity contribution in [1.29, 1.82) is 0 Å². The monoisotopic (exact) mass is 178 g/mol. The zero-order chi connectivity index (χ0) is 8.39. The number of aromatic nitrogens is 1. The summed E-state index contributed by atoms with van der Waals surface area (Å²) in [5.41, 5.74) is 2.92. The molecule has 1 aromatic rings. The fourth-order valence-corrected chi connectivity index (χ4v) is 1.79. The molecule has 0 bridgehead atoms. The SMILES string of the molecule is [C-]#[N+]c1csc(C2CC=NN2)n1. The summed E-state index contributed by atoms with van der Waals surface area (Å²) in [5, 5.41) is 6.60. The highest BCUT2D eigenvalue weighted by Gasteiger charge is 2.19. The predicted molar refractivity (Wildman–Crippen MR) is 47.4 cm³/mol. The molecular weight excluding hydrogens is 172 g/mol. The van der Waals surface area contributed by atoms with Gasteiger partial charge in [-0.25, -0.2) is 0 Å². The smallest absolute Gasteiger partial charge is 0.280 e. The summed E-state index contributed by atoms with van der Waals surface area (Å²) in [6.45, 7) is 6.75. The summed E-state index contributed by atoms with van der Waals surface area (Å²) in [7, 11) is 0. The highest BCUT2D eigenvalue weighted by atomic mass is 32.1. The summed E-state index contributed by atoms with van der Waals surface area (Å²) < 4.78 is 0. The van der Waals surface area contributed by atoms with E-state index >= 15 is 0 Å². The third-order valence-electron chi connectivity index (χ3n) is 1.59. The van der Waals surface area contributed by atoms with Gasteiger partial charge in [0.25, 0.3) is 5.82 Å². The molecule has 0 saturated heterocycles.